The molecule has 0 N–H and O–H groups in total. The number of carbonyl (C=O) groups excluding carboxylic acids is 1. The summed E-state index contributed by atoms with van der Waals surface area (Å²) in [5.74, 6) is -0.269. The van der Waals surface area contributed by atoms with E-state index in [9.17, 15) is 4.79 Å². The molecule has 1 aromatic carbocycles. The first-order valence-electron chi connectivity index (χ1n) is 4.89. The average Bonchev–Trinajstić information content (AvgIpc) is 2.27. The zero-order valence-electron chi connectivity index (χ0n) is 8.98. The number of nitrogens with zero attached hydrogens (tertiary/aromatic N) is 1. The maximum Gasteiger partial charge on any atom is 0.307 e. The number of hydrogen-bond donors (Lipinski definition) is 0. The number of benzene rings is 1. The maximum atomic E-state index is 10.9. The van der Waals surface area contributed by atoms with E-state index in [2.05, 4.69) is 28.9 Å². The Morgan fingerprint density at radius 3 is 2.67 bits per heavy atom. The molecule has 0 aliphatic carbocycles. The van der Waals surface area contributed by atoms with Crippen molar-refractivity contribution in [3.8, 4) is 0 Å². The SMILES string of the molecule is [CH2]OC(=O)CCN(C)Cc1ccccc1. The van der Waals surface area contributed by atoms with Crippen molar-refractivity contribution in [2.75, 3.05) is 13.6 Å². The van der Waals surface area contributed by atoms with Gasteiger partial charge in [0.2, 0.25) is 0 Å². The zero-order chi connectivity index (χ0) is 11.1. The third-order valence-corrected chi connectivity index (χ3v) is 2.15. The van der Waals surface area contributed by atoms with Gasteiger partial charge in [-0.1, -0.05) is 30.3 Å². The quantitative estimate of drug-likeness (QED) is 0.688. The summed E-state index contributed by atoms with van der Waals surface area (Å²) >= 11 is 0. The Balaban J connectivity index is 2.30. The van der Waals surface area contributed by atoms with E-state index >= 15 is 0 Å². The Labute approximate surface area is 90.7 Å². The molecule has 0 aliphatic rings. The Kier molecular flexibility index (Phi) is 4.84. The fourth-order valence-corrected chi connectivity index (χ4v) is 1.33. The Morgan fingerprint density at radius 2 is 2.07 bits per heavy atom. The van der Waals surface area contributed by atoms with Gasteiger partial charge in [-0.25, -0.2) is 0 Å². The molecule has 3 nitrogen and oxygen atoms in total. The second kappa shape index (κ2) is 6.19. The molecule has 3 heteroatoms. The molecule has 0 unspecified atom stereocenters. The van der Waals surface area contributed by atoms with Gasteiger partial charge in [-0.15, -0.1) is 0 Å². The first-order valence-corrected chi connectivity index (χ1v) is 4.89. The highest BCUT2D eigenvalue weighted by Gasteiger charge is 2.04. The molecule has 0 saturated carbocycles. The molecule has 1 aromatic rings. The van der Waals surface area contributed by atoms with E-state index in [1.807, 2.05) is 25.2 Å². The summed E-state index contributed by atoms with van der Waals surface area (Å²) in [6, 6.07) is 10.1. The van der Waals surface area contributed by atoms with E-state index in [1.165, 1.54) is 5.56 Å². The van der Waals surface area contributed by atoms with Crippen LogP contribution in [-0.2, 0) is 16.1 Å². The lowest BCUT2D eigenvalue weighted by molar-refractivity contribution is -0.138. The topological polar surface area (TPSA) is 29.5 Å². The van der Waals surface area contributed by atoms with Gasteiger partial charge in [0.1, 0.15) is 7.11 Å². The van der Waals surface area contributed by atoms with Crippen molar-refractivity contribution in [1.29, 1.82) is 0 Å². The lowest BCUT2D eigenvalue weighted by Crippen LogP contribution is -2.21. The van der Waals surface area contributed by atoms with Crippen molar-refractivity contribution in [1.82, 2.24) is 4.90 Å². The molecule has 81 valence electrons. The molecule has 0 atom stereocenters. The van der Waals surface area contributed by atoms with Crippen LogP contribution in [0.1, 0.15) is 12.0 Å². The summed E-state index contributed by atoms with van der Waals surface area (Å²) in [6.07, 6.45) is 0.382. The predicted octanol–water partition coefficient (Wildman–Crippen LogP) is 1.84. The normalized spacial score (nSPS) is 10.3. The lowest BCUT2D eigenvalue weighted by Gasteiger charge is -2.15. The number of esters is 1. The van der Waals surface area contributed by atoms with E-state index in [0.717, 1.165) is 6.54 Å². The Bertz CT molecular complexity index is 298. The van der Waals surface area contributed by atoms with Crippen molar-refractivity contribution in [3.63, 3.8) is 0 Å². The molecular weight excluding hydrogens is 190 g/mol. The monoisotopic (exact) mass is 206 g/mol. The molecule has 1 radical (unpaired) electrons. The number of ether oxygens (including phenoxy) is 1. The average molecular weight is 206 g/mol. The maximum absolute atomic E-state index is 10.9. The minimum atomic E-state index is -0.269. The van der Waals surface area contributed by atoms with Gasteiger partial charge in [-0.2, -0.15) is 0 Å². The number of carbonyl (C=O) groups is 1. The summed E-state index contributed by atoms with van der Waals surface area (Å²) in [4.78, 5) is 12.9. The van der Waals surface area contributed by atoms with Gasteiger partial charge >= 0.3 is 5.97 Å². The summed E-state index contributed by atoms with van der Waals surface area (Å²) in [5, 5.41) is 0. The van der Waals surface area contributed by atoms with Crippen molar-refractivity contribution >= 4 is 5.97 Å². The summed E-state index contributed by atoms with van der Waals surface area (Å²) < 4.78 is 4.34. The van der Waals surface area contributed by atoms with Crippen molar-refractivity contribution in [2.24, 2.45) is 0 Å². The van der Waals surface area contributed by atoms with E-state index in [0.29, 0.717) is 13.0 Å². The first kappa shape index (κ1) is 11.7. The highest BCUT2D eigenvalue weighted by Crippen LogP contribution is 2.02. The van der Waals surface area contributed by atoms with E-state index in [4.69, 9.17) is 0 Å². The third-order valence-electron chi connectivity index (χ3n) is 2.15. The molecule has 0 spiro atoms. The molecule has 1 rings (SSSR count). The molecule has 0 aromatic heterocycles. The molecule has 0 saturated heterocycles. The van der Waals surface area contributed by atoms with E-state index in [1.54, 1.807) is 0 Å². The molecule has 0 heterocycles. The molecule has 0 fully saturated rings. The second-order valence-corrected chi connectivity index (χ2v) is 3.49. The number of hydrogen-bond acceptors (Lipinski definition) is 3. The lowest BCUT2D eigenvalue weighted by atomic mass is 10.2. The largest absolute Gasteiger partial charge is 0.462 e. The second-order valence-electron chi connectivity index (χ2n) is 3.49. The van der Waals surface area contributed by atoms with Crippen molar-refractivity contribution in [2.45, 2.75) is 13.0 Å². The predicted molar refractivity (Wildman–Crippen MR) is 58.8 cm³/mol. The van der Waals surface area contributed by atoms with Crippen LogP contribution in [-0.4, -0.2) is 24.5 Å². The van der Waals surface area contributed by atoms with Crippen LogP contribution in [0.2, 0.25) is 0 Å². The first-order chi connectivity index (χ1) is 7.22. The van der Waals surface area contributed by atoms with Crippen LogP contribution in [0.5, 0.6) is 0 Å². The standard InChI is InChI=1S/C12H16NO2/c1-13(9-8-12(14)15-2)10-11-6-4-3-5-7-11/h3-7H,2,8-10H2,1H3. The van der Waals surface area contributed by atoms with Gasteiger partial charge < -0.3 is 9.64 Å². The summed E-state index contributed by atoms with van der Waals surface area (Å²) in [7, 11) is 5.06. The van der Waals surface area contributed by atoms with Gasteiger partial charge in [0.25, 0.3) is 0 Å². The highest BCUT2D eigenvalue weighted by molar-refractivity contribution is 5.69. The third kappa shape index (κ3) is 4.61. The van der Waals surface area contributed by atoms with Crippen molar-refractivity contribution < 1.29 is 9.53 Å². The molecular formula is C12H16NO2. The van der Waals surface area contributed by atoms with Gasteiger partial charge in [0.15, 0.2) is 0 Å². The summed E-state index contributed by atoms with van der Waals surface area (Å²) in [6.45, 7) is 1.52. The Hall–Kier alpha value is -1.35. The summed E-state index contributed by atoms with van der Waals surface area (Å²) in [5.41, 5.74) is 1.24. The van der Waals surface area contributed by atoms with Crippen LogP contribution in [0, 0.1) is 7.11 Å². The van der Waals surface area contributed by atoms with Gasteiger partial charge in [0, 0.05) is 13.1 Å². The minimum Gasteiger partial charge on any atom is -0.462 e. The van der Waals surface area contributed by atoms with Crippen LogP contribution in [0.3, 0.4) is 0 Å². The smallest absolute Gasteiger partial charge is 0.307 e. The fourth-order valence-electron chi connectivity index (χ4n) is 1.33. The van der Waals surface area contributed by atoms with E-state index < -0.39 is 0 Å². The fraction of sp³-hybridized carbons (Fsp3) is 0.333. The van der Waals surface area contributed by atoms with E-state index in [-0.39, 0.29) is 5.97 Å². The van der Waals surface area contributed by atoms with Crippen molar-refractivity contribution in [3.05, 3.63) is 43.0 Å². The van der Waals surface area contributed by atoms with Gasteiger partial charge in [-0.05, 0) is 12.6 Å². The highest BCUT2D eigenvalue weighted by atomic mass is 16.5. The van der Waals surface area contributed by atoms with Gasteiger partial charge in [-0.3, -0.25) is 4.79 Å². The minimum absolute atomic E-state index is 0.269. The zero-order valence-corrected chi connectivity index (χ0v) is 8.98. The van der Waals surface area contributed by atoms with Crippen LogP contribution in [0.15, 0.2) is 30.3 Å². The molecule has 0 bridgehead atoms. The molecule has 0 aliphatic heterocycles. The van der Waals surface area contributed by atoms with Gasteiger partial charge in [0.05, 0.1) is 6.42 Å². The molecule has 15 heavy (non-hydrogen) atoms. The van der Waals surface area contributed by atoms with Crippen LogP contribution < -0.4 is 0 Å². The van der Waals surface area contributed by atoms with Crippen LogP contribution >= 0.6 is 0 Å². The molecule has 0 amide bonds. The van der Waals surface area contributed by atoms with Crippen LogP contribution in [0.4, 0.5) is 0 Å². The number of rotatable bonds is 5. The van der Waals surface area contributed by atoms with Crippen LogP contribution in [0.25, 0.3) is 0 Å². The Morgan fingerprint density at radius 1 is 1.40 bits per heavy atom.